The van der Waals surface area contributed by atoms with Crippen LogP contribution in [0.3, 0.4) is 0 Å². The van der Waals surface area contributed by atoms with Crippen LogP contribution in [0.15, 0.2) is 23.6 Å². The zero-order valence-corrected chi connectivity index (χ0v) is 14.9. The highest BCUT2D eigenvalue weighted by Crippen LogP contribution is 2.22. The maximum Gasteiger partial charge on any atom is 0.275 e. The van der Waals surface area contributed by atoms with Crippen LogP contribution in [0.1, 0.15) is 34.9 Å². The van der Waals surface area contributed by atoms with E-state index < -0.39 is 0 Å². The third-order valence-corrected chi connectivity index (χ3v) is 4.33. The summed E-state index contributed by atoms with van der Waals surface area (Å²) in [6.07, 6.45) is 0.660. The van der Waals surface area contributed by atoms with Crippen molar-refractivity contribution in [1.29, 1.82) is 0 Å². The first-order valence-electron chi connectivity index (χ1n) is 7.78. The zero-order chi connectivity index (χ0) is 17.7. The molecule has 4 N–H and O–H groups in total. The lowest BCUT2D eigenvalue weighted by Gasteiger charge is -2.12. The van der Waals surface area contributed by atoms with Gasteiger partial charge in [-0.3, -0.25) is 9.59 Å². The van der Waals surface area contributed by atoms with Gasteiger partial charge in [0.25, 0.3) is 5.91 Å². The fraction of sp³-hybridized carbons (Fsp3) is 0.353. The zero-order valence-electron chi connectivity index (χ0n) is 14.1. The van der Waals surface area contributed by atoms with Crippen molar-refractivity contribution in [3.8, 4) is 0 Å². The fourth-order valence-electron chi connectivity index (χ4n) is 1.96. The lowest BCUT2D eigenvalue weighted by atomic mass is 10.1. The van der Waals surface area contributed by atoms with Crippen LogP contribution < -0.4 is 16.4 Å². The molecule has 1 aromatic heterocycles. The highest BCUT2D eigenvalue weighted by Gasteiger charge is 2.13. The van der Waals surface area contributed by atoms with E-state index in [1.54, 1.807) is 11.4 Å². The Morgan fingerprint density at radius 3 is 2.71 bits per heavy atom. The summed E-state index contributed by atoms with van der Waals surface area (Å²) in [6, 6.07) is 5.42. The van der Waals surface area contributed by atoms with Gasteiger partial charge < -0.3 is 16.4 Å². The number of thiazole rings is 1. The van der Waals surface area contributed by atoms with E-state index in [0.717, 1.165) is 10.6 Å². The van der Waals surface area contributed by atoms with Crippen LogP contribution in [0.5, 0.6) is 0 Å². The molecule has 6 nitrogen and oxygen atoms in total. The minimum absolute atomic E-state index is 0.0675. The summed E-state index contributed by atoms with van der Waals surface area (Å²) in [5.74, 6) is -0.452. The molecule has 24 heavy (non-hydrogen) atoms. The molecule has 2 rings (SSSR count). The molecule has 0 aliphatic carbocycles. The lowest BCUT2D eigenvalue weighted by Crippen LogP contribution is -2.18. The highest BCUT2D eigenvalue weighted by atomic mass is 32.1. The predicted molar refractivity (Wildman–Crippen MR) is 97.5 cm³/mol. The number of rotatable bonds is 6. The van der Waals surface area contributed by atoms with E-state index in [-0.39, 0.29) is 17.7 Å². The molecule has 0 unspecified atom stereocenters. The number of amides is 2. The monoisotopic (exact) mass is 346 g/mol. The van der Waals surface area contributed by atoms with E-state index in [2.05, 4.69) is 15.6 Å². The van der Waals surface area contributed by atoms with E-state index in [9.17, 15) is 9.59 Å². The number of aryl methyl sites for hydroxylation is 1. The molecule has 0 fully saturated rings. The average molecular weight is 346 g/mol. The summed E-state index contributed by atoms with van der Waals surface area (Å²) >= 11 is 1.42. The van der Waals surface area contributed by atoms with Gasteiger partial charge in [-0.2, -0.15) is 0 Å². The van der Waals surface area contributed by atoms with Crippen molar-refractivity contribution in [2.24, 2.45) is 11.7 Å². The summed E-state index contributed by atoms with van der Waals surface area (Å²) in [5, 5.41) is 8.24. The maximum absolute atomic E-state index is 12.3. The van der Waals surface area contributed by atoms with Crippen LogP contribution in [0.2, 0.25) is 0 Å². The van der Waals surface area contributed by atoms with Crippen molar-refractivity contribution < 1.29 is 9.59 Å². The van der Waals surface area contributed by atoms with Crippen molar-refractivity contribution in [2.75, 3.05) is 17.2 Å². The number of nitrogens with zero attached hydrogens (tertiary/aromatic N) is 1. The second kappa shape index (κ2) is 8.03. The number of nitrogens with two attached hydrogens (primary N) is 1. The molecule has 1 aromatic carbocycles. The molecule has 2 amide bonds. The molecule has 0 atom stereocenters. The van der Waals surface area contributed by atoms with E-state index in [4.69, 9.17) is 5.73 Å². The molecule has 0 saturated carbocycles. The van der Waals surface area contributed by atoms with Crippen molar-refractivity contribution in [3.05, 3.63) is 39.8 Å². The van der Waals surface area contributed by atoms with Gasteiger partial charge in [0.1, 0.15) is 5.69 Å². The summed E-state index contributed by atoms with van der Waals surface area (Å²) in [4.78, 5) is 28.4. The molecular weight excluding hydrogens is 324 g/mol. The number of hydrogen-bond acceptors (Lipinski definition) is 5. The Labute approximate surface area is 145 Å². The van der Waals surface area contributed by atoms with Crippen LogP contribution in [-0.4, -0.2) is 23.3 Å². The van der Waals surface area contributed by atoms with E-state index in [0.29, 0.717) is 30.0 Å². The Balaban J connectivity index is 2.12. The molecule has 1 heterocycles. The number of anilines is 2. The van der Waals surface area contributed by atoms with Crippen molar-refractivity contribution in [2.45, 2.75) is 27.2 Å². The van der Waals surface area contributed by atoms with Gasteiger partial charge in [0.05, 0.1) is 5.01 Å². The fourth-order valence-corrected chi connectivity index (χ4v) is 2.76. The van der Waals surface area contributed by atoms with Crippen LogP contribution >= 0.6 is 11.3 Å². The lowest BCUT2D eigenvalue weighted by molar-refractivity contribution is -0.118. The van der Waals surface area contributed by atoms with Crippen LogP contribution in [0, 0.1) is 12.8 Å². The van der Waals surface area contributed by atoms with Crippen molar-refractivity contribution >= 4 is 34.5 Å². The van der Waals surface area contributed by atoms with Gasteiger partial charge in [0, 0.05) is 29.1 Å². The van der Waals surface area contributed by atoms with Gasteiger partial charge in [-0.1, -0.05) is 19.9 Å². The van der Waals surface area contributed by atoms with Gasteiger partial charge in [0.2, 0.25) is 5.91 Å². The number of benzene rings is 1. The molecule has 0 spiro atoms. The molecule has 0 aliphatic heterocycles. The topological polar surface area (TPSA) is 97.1 Å². The Kier molecular flexibility index (Phi) is 6.05. The molecule has 7 heteroatoms. The first-order chi connectivity index (χ1) is 11.4. The van der Waals surface area contributed by atoms with Gasteiger partial charge >= 0.3 is 0 Å². The molecular formula is C17H22N4O2S. The third-order valence-electron chi connectivity index (χ3n) is 3.42. The maximum atomic E-state index is 12.3. The van der Waals surface area contributed by atoms with Crippen molar-refractivity contribution in [1.82, 2.24) is 4.98 Å². The average Bonchev–Trinajstić information content (AvgIpc) is 2.99. The number of carbonyl (C=O) groups excluding carboxylic acids is 2. The first kappa shape index (κ1) is 18.1. The number of nitrogens with one attached hydrogen (secondary N) is 2. The Bertz CT molecular complexity index is 740. The molecule has 2 aromatic rings. The third kappa shape index (κ3) is 4.62. The van der Waals surface area contributed by atoms with Gasteiger partial charge in [-0.25, -0.2) is 4.98 Å². The number of aromatic nitrogens is 1. The van der Waals surface area contributed by atoms with Crippen LogP contribution in [0.25, 0.3) is 0 Å². The largest absolute Gasteiger partial charge is 0.330 e. The summed E-state index contributed by atoms with van der Waals surface area (Å²) in [5.41, 5.74) is 8.08. The van der Waals surface area contributed by atoms with Crippen LogP contribution in [-0.2, 0) is 11.2 Å². The summed E-state index contributed by atoms with van der Waals surface area (Å²) < 4.78 is 0. The second-order valence-corrected chi connectivity index (χ2v) is 6.74. The smallest absolute Gasteiger partial charge is 0.275 e. The standard InChI is InChI=1S/C17H22N4O2S/c1-10(2)16(22)19-12-5-4-11(3)13(8-12)21-17(23)14-9-24-15(20-14)6-7-18/h4-5,8-10H,6-7,18H2,1-3H3,(H,19,22)(H,21,23). The molecule has 128 valence electrons. The second-order valence-electron chi connectivity index (χ2n) is 5.79. The number of carbonyl (C=O) groups is 2. The van der Waals surface area contributed by atoms with E-state index >= 15 is 0 Å². The van der Waals surface area contributed by atoms with Gasteiger partial charge in [-0.05, 0) is 31.2 Å². The Morgan fingerprint density at radius 1 is 1.29 bits per heavy atom. The SMILES string of the molecule is Cc1ccc(NC(=O)C(C)C)cc1NC(=O)c1csc(CCN)n1. The predicted octanol–water partition coefficient (Wildman–Crippen LogP) is 2.80. The minimum atomic E-state index is -0.273. The Morgan fingerprint density at radius 2 is 2.04 bits per heavy atom. The quantitative estimate of drug-likeness (QED) is 0.749. The number of hydrogen-bond donors (Lipinski definition) is 3. The Hall–Kier alpha value is -2.25. The van der Waals surface area contributed by atoms with E-state index in [1.165, 1.54) is 11.3 Å². The molecule has 0 bridgehead atoms. The van der Waals surface area contributed by atoms with E-state index in [1.807, 2.05) is 32.9 Å². The first-order valence-corrected chi connectivity index (χ1v) is 8.66. The van der Waals surface area contributed by atoms with Crippen LogP contribution in [0.4, 0.5) is 11.4 Å². The molecule has 0 aliphatic rings. The normalized spacial score (nSPS) is 10.7. The highest BCUT2D eigenvalue weighted by molar-refractivity contribution is 7.09. The van der Waals surface area contributed by atoms with Gasteiger partial charge in [-0.15, -0.1) is 11.3 Å². The summed E-state index contributed by atoms with van der Waals surface area (Å²) in [6.45, 7) is 6.05. The van der Waals surface area contributed by atoms with Gasteiger partial charge in [0.15, 0.2) is 0 Å². The summed E-state index contributed by atoms with van der Waals surface area (Å²) in [7, 11) is 0. The molecule has 0 radical (unpaired) electrons. The minimum Gasteiger partial charge on any atom is -0.330 e. The molecule has 0 saturated heterocycles. The van der Waals surface area contributed by atoms with Crippen molar-refractivity contribution in [3.63, 3.8) is 0 Å².